The van der Waals surface area contributed by atoms with Crippen LogP contribution in [-0.4, -0.2) is 34.4 Å². The van der Waals surface area contributed by atoms with Gasteiger partial charge in [-0.25, -0.2) is 9.97 Å². The third-order valence-corrected chi connectivity index (χ3v) is 7.91. The molecule has 3 heterocycles. The van der Waals surface area contributed by atoms with Crippen LogP contribution in [0.5, 0.6) is 5.75 Å². The van der Waals surface area contributed by atoms with Crippen molar-refractivity contribution < 1.29 is 14.2 Å². The quantitative estimate of drug-likeness (QED) is 0.261. The van der Waals surface area contributed by atoms with Crippen LogP contribution in [0.4, 0.5) is 0 Å². The highest BCUT2D eigenvalue weighted by Gasteiger charge is 2.41. The molecule has 4 aromatic rings. The van der Waals surface area contributed by atoms with Crippen molar-refractivity contribution in [2.75, 3.05) is 13.7 Å². The maximum atomic E-state index is 6.41. The summed E-state index contributed by atoms with van der Waals surface area (Å²) in [5, 5.41) is 2.15. The van der Waals surface area contributed by atoms with E-state index in [9.17, 15) is 0 Å². The normalized spacial score (nSPS) is 24.3. The number of rotatable bonds is 6. The van der Waals surface area contributed by atoms with Crippen LogP contribution in [0, 0.1) is 5.92 Å². The molecule has 0 N–H and O–H groups in total. The molecule has 0 radical (unpaired) electrons. The average Bonchev–Trinajstić information content (AvgIpc) is 3.52. The molecule has 1 saturated carbocycles. The predicted molar refractivity (Wildman–Crippen MR) is 132 cm³/mol. The standard InChI is InChI=1S/C27H27N3O3S/c1-31-22-9-7-19(8-10-22)27-32-15-20-13-21(14-24(20)33-27)30-12-11-23-25(30)28-17-29-26(23)34-16-18-5-3-2-4-6-18/h2-12,17,20-21,24,27H,13-16H2,1H3/t20-,21+,24-,27?/m0/s1. The van der Waals surface area contributed by atoms with Gasteiger partial charge in [0.1, 0.15) is 22.7 Å². The molecule has 0 amide bonds. The summed E-state index contributed by atoms with van der Waals surface area (Å²) in [5.74, 6) is 2.12. The van der Waals surface area contributed by atoms with Crippen molar-refractivity contribution in [3.05, 3.63) is 84.3 Å². The van der Waals surface area contributed by atoms with Gasteiger partial charge < -0.3 is 18.8 Å². The van der Waals surface area contributed by atoms with Crippen LogP contribution in [-0.2, 0) is 15.2 Å². The smallest absolute Gasteiger partial charge is 0.184 e. The Morgan fingerprint density at radius 2 is 1.88 bits per heavy atom. The van der Waals surface area contributed by atoms with E-state index in [2.05, 4.69) is 51.1 Å². The number of thioether (sulfide) groups is 1. The molecule has 2 aliphatic rings. The van der Waals surface area contributed by atoms with Crippen LogP contribution < -0.4 is 4.74 Å². The van der Waals surface area contributed by atoms with Crippen molar-refractivity contribution in [2.45, 2.75) is 42.1 Å². The van der Waals surface area contributed by atoms with Crippen molar-refractivity contribution >= 4 is 22.8 Å². The molecule has 0 bridgehead atoms. The van der Waals surface area contributed by atoms with E-state index >= 15 is 0 Å². The minimum atomic E-state index is -0.323. The van der Waals surface area contributed by atoms with E-state index < -0.39 is 0 Å². The SMILES string of the molecule is COc1ccc(C2OC[C@@H]3C[C@@H](n4ccc5c(SCc6ccccc6)ncnc54)C[C@@H]3O2)cc1. The summed E-state index contributed by atoms with van der Waals surface area (Å²) in [7, 11) is 1.67. The Bertz CT molecular complexity index is 1260. The summed E-state index contributed by atoms with van der Waals surface area (Å²) in [4.78, 5) is 9.23. The van der Waals surface area contributed by atoms with Gasteiger partial charge in [-0.2, -0.15) is 0 Å². The Hall–Kier alpha value is -2.87. The molecular weight excluding hydrogens is 446 g/mol. The van der Waals surface area contributed by atoms with Gasteiger partial charge in [-0.3, -0.25) is 0 Å². The lowest BCUT2D eigenvalue weighted by Crippen LogP contribution is -2.32. The molecule has 1 aliphatic heterocycles. The number of aromatic nitrogens is 3. The van der Waals surface area contributed by atoms with Crippen molar-refractivity contribution in [3.8, 4) is 5.75 Å². The van der Waals surface area contributed by atoms with Crippen LogP contribution in [0.25, 0.3) is 11.0 Å². The minimum absolute atomic E-state index is 0.178. The molecular formula is C27H27N3O3S. The van der Waals surface area contributed by atoms with Crippen molar-refractivity contribution in [2.24, 2.45) is 5.92 Å². The fourth-order valence-corrected chi connectivity index (χ4v) is 5.99. The van der Waals surface area contributed by atoms with Crippen molar-refractivity contribution in [1.82, 2.24) is 14.5 Å². The van der Waals surface area contributed by atoms with Gasteiger partial charge >= 0.3 is 0 Å². The maximum Gasteiger partial charge on any atom is 0.184 e. The minimum Gasteiger partial charge on any atom is -0.497 e. The molecule has 6 rings (SSSR count). The Morgan fingerprint density at radius 1 is 1.03 bits per heavy atom. The fraction of sp³-hybridized carbons (Fsp3) is 0.333. The lowest BCUT2D eigenvalue weighted by molar-refractivity contribution is -0.233. The van der Waals surface area contributed by atoms with Gasteiger partial charge in [0.25, 0.3) is 0 Å². The topological polar surface area (TPSA) is 58.4 Å². The highest BCUT2D eigenvalue weighted by molar-refractivity contribution is 7.98. The number of hydrogen-bond acceptors (Lipinski definition) is 6. The number of nitrogens with zero attached hydrogens (tertiary/aromatic N) is 3. The molecule has 174 valence electrons. The molecule has 2 aromatic carbocycles. The molecule has 1 aliphatic carbocycles. The van der Waals surface area contributed by atoms with E-state index in [-0.39, 0.29) is 12.4 Å². The molecule has 2 fully saturated rings. The summed E-state index contributed by atoms with van der Waals surface area (Å²) in [6, 6.07) is 20.9. The van der Waals surface area contributed by atoms with Crippen LogP contribution in [0.1, 0.15) is 36.3 Å². The summed E-state index contributed by atoms with van der Waals surface area (Å²) in [6.07, 6.45) is 5.69. The van der Waals surface area contributed by atoms with Gasteiger partial charge in [-0.15, -0.1) is 11.8 Å². The van der Waals surface area contributed by atoms with E-state index in [0.717, 1.165) is 46.0 Å². The largest absolute Gasteiger partial charge is 0.497 e. The predicted octanol–water partition coefficient (Wildman–Crippen LogP) is 5.80. The van der Waals surface area contributed by atoms with Crippen LogP contribution in [0.15, 0.2) is 78.2 Å². The first-order chi connectivity index (χ1) is 16.8. The number of hydrogen-bond donors (Lipinski definition) is 0. The monoisotopic (exact) mass is 473 g/mol. The Kier molecular flexibility index (Phi) is 5.99. The fourth-order valence-electron chi connectivity index (χ4n) is 5.06. The first-order valence-electron chi connectivity index (χ1n) is 11.7. The number of ether oxygens (including phenoxy) is 3. The van der Waals surface area contributed by atoms with Crippen LogP contribution >= 0.6 is 11.8 Å². The zero-order valence-electron chi connectivity index (χ0n) is 19.0. The zero-order chi connectivity index (χ0) is 22.9. The van der Waals surface area contributed by atoms with E-state index in [1.807, 2.05) is 30.3 Å². The molecule has 2 aromatic heterocycles. The summed E-state index contributed by atoms with van der Waals surface area (Å²) < 4.78 is 20.1. The third kappa shape index (κ3) is 4.19. The Labute approximate surface area is 203 Å². The number of benzene rings is 2. The van der Waals surface area contributed by atoms with E-state index in [0.29, 0.717) is 18.6 Å². The number of fused-ring (bicyclic) bond motifs is 2. The third-order valence-electron chi connectivity index (χ3n) is 6.84. The molecule has 6 nitrogen and oxygen atoms in total. The molecule has 4 atom stereocenters. The molecule has 34 heavy (non-hydrogen) atoms. The lowest BCUT2D eigenvalue weighted by Gasteiger charge is -2.32. The second-order valence-electron chi connectivity index (χ2n) is 8.91. The average molecular weight is 474 g/mol. The summed E-state index contributed by atoms with van der Waals surface area (Å²) in [6.45, 7) is 0.713. The Morgan fingerprint density at radius 3 is 2.71 bits per heavy atom. The van der Waals surface area contributed by atoms with Crippen molar-refractivity contribution in [1.29, 1.82) is 0 Å². The molecule has 7 heteroatoms. The molecule has 1 unspecified atom stereocenters. The second kappa shape index (κ2) is 9.41. The lowest BCUT2D eigenvalue weighted by atomic mass is 10.1. The van der Waals surface area contributed by atoms with Crippen LogP contribution in [0.2, 0.25) is 0 Å². The summed E-state index contributed by atoms with van der Waals surface area (Å²) in [5.41, 5.74) is 3.32. The molecule has 1 saturated heterocycles. The first-order valence-corrected chi connectivity index (χ1v) is 12.7. The highest BCUT2D eigenvalue weighted by Crippen LogP contribution is 2.44. The number of methoxy groups -OCH3 is 1. The maximum absolute atomic E-state index is 6.41. The molecule has 0 spiro atoms. The highest BCUT2D eigenvalue weighted by atomic mass is 32.2. The van der Waals surface area contributed by atoms with Gasteiger partial charge in [0.05, 0.1) is 25.2 Å². The second-order valence-corrected chi connectivity index (χ2v) is 9.88. The Balaban J connectivity index is 1.17. The first kappa shape index (κ1) is 21.6. The van der Waals surface area contributed by atoms with Gasteiger partial charge in [-0.05, 0) is 36.6 Å². The van der Waals surface area contributed by atoms with E-state index in [4.69, 9.17) is 14.2 Å². The van der Waals surface area contributed by atoms with Gasteiger partial charge in [0.2, 0.25) is 0 Å². The zero-order valence-corrected chi connectivity index (χ0v) is 19.9. The van der Waals surface area contributed by atoms with Crippen LogP contribution in [0.3, 0.4) is 0 Å². The van der Waals surface area contributed by atoms with E-state index in [1.165, 1.54) is 5.56 Å². The van der Waals surface area contributed by atoms with Gasteiger partial charge in [-0.1, -0.05) is 42.5 Å². The van der Waals surface area contributed by atoms with E-state index in [1.54, 1.807) is 25.2 Å². The van der Waals surface area contributed by atoms with Gasteiger partial charge in [0, 0.05) is 29.5 Å². The van der Waals surface area contributed by atoms with Gasteiger partial charge in [0.15, 0.2) is 6.29 Å². The van der Waals surface area contributed by atoms with Crippen molar-refractivity contribution in [3.63, 3.8) is 0 Å². The summed E-state index contributed by atoms with van der Waals surface area (Å²) >= 11 is 1.76.